The SMILES string of the molecule is CC1(C)CCCN(c2cc(C(N)=S)c3ccccc3n2)C1. The van der Waals surface area contributed by atoms with Gasteiger partial charge in [-0.3, -0.25) is 0 Å². The molecule has 0 spiro atoms. The second-order valence-corrected chi connectivity index (χ2v) is 7.04. The molecule has 1 fully saturated rings. The highest BCUT2D eigenvalue weighted by Crippen LogP contribution is 2.32. The molecule has 3 nitrogen and oxygen atoms in total. The Hall–Kier alpha value is -1.68. The van der Waals surface area contributed by atoms with Crippen molar-refractivity contribution in [1.82, 2.24) is 4.98 Å². The fourth-order valence-corrected chi connectivity index (χ4v) is 3.31. The third kappa shape index (κ3) is 2.86. The van der Waals surface area contributed by atoms with Crippen molar-refractivity contribution in [3.05, 3.63) is 35.9 Å². The van der Waals surface area contributed by atoms with Gasteiger partial charge in [0.25, 0.3) is 0 Å². The maximum atomic E-state index is 5.92. The molecule has 0 saturated carbocycles. The highest BCUT2D eigenvalue weighted by molar-refractivity contribution is 7.80. The minimum atomic E-state index is 0.328. The molecule has 0 radical (unpaired) electrons. The van der Waals surface area contributed by atoms with Crippen molar-refractivity contribution in [2.75, 3.05) is 18.0 Å². The number of anilines is 1. The van der Waals surface area contributed by atoms with Crippen molar-refractivity contribution in [1.29, 1.82) is 0 Å². The number of nitrogens with two attached hydrogens (primary N) is 1. The minimum Gasteiger partial charge on any atom is -0.389 e. The molecular formula is C17H21N3S. The van der Waals surface area contributed by atoms with Crippen LogP contribution in [0.15, 0.2) is 30.3 Å². The zero-order valence-corrected chi connectivity index (χ0v) is 13.4. The lowest BCUT2D eigenvalue weighted by molar-refractivity contribution is 0.292. The summed E-state index contributed by atoms with van der Waals surface area (Å²) in [5.74, 6) is 0.990. The molecule has 110 valence electrons. The molecule has 3 rings (SSSR count). The average Bonchev–Trinajstić information content (AvgIpc) is 2.45. The van der Waals surface area contributed by atoms with Crippen LogP contribution in [-0.4, -0.2) is 23.1 Å². The Balaban J connectivity index is 2.09. The van der Waals surface area contributed by atoms with Crippen molar-refractivity contribution < 1.29 is 0 Å². The van der Waals surface area contributed by atoms with E-state index in [1.807, 2.05) is 30.3 Å². The Labute approximate surface area is 131 Å². The van der Waals surface area contributed by atoms with E-state index >= 15 is 0 Å². The van der Waals surface area contributed by atoms with E-state index in [2.05, 4.69) is 18.7 Å². The molecule has 0 bridgehead atoms. The van der Waals surface area contributed by atoms with Gasteiger partial charge in [0.2, 0.25) is 0 Å². The zero-order chi connectivity index (χ0) is 15.0. The number of piperidine rings is 1. The van der Waals surface area contributed by atoms with Crippen LogP contribution in [0.25, 0.3) is 10.9 Å². The van der Waals surface area contributed by atoms with E-state index < -0.39 is 0 Å². The summed E-state index contributed by atoms with van der Waals surface area (Å²) in [5.41, 5.74) is 8.13. The molecule has 2 aromatic rings. The van der Waals surface area contributed by atoms with Crippen LogP contribution in [0.1, 0.15) is 32.3 Å². The Kier molecular flexibility index (Phi) is 3.57. The van der Waals surface area contributed by atoms with Gasteiger partial charge in [-0.15, -0.1) is 0 Å². The van der Waals surface area contributed by atoms with E-state index in [0.717, 1.165) is 35.4 Å². The van der Waals surface area contributed by atoms with Crippen molar-refractivity contribution in [3.63, 3.8) is 0 Å². The number of rotatable bonds is 2. The summed E-state index contributed by atoms with van der Waals surface area (Å²) >= 11 is 5.23. The second-order valence-electron chi connectivity index (χ2n) is 6.60. The number of fused-ring (bicyclic) bond motifs is 1. The Morgan fingerprint density at radius 1 is 1.33 bits per heavy atom. The van der Waals surface area contributed by atoms with Gasteiger partial charge in [0.15, 0.2) is 0 Å². The van der Waals surface area contributed by atoms with Crippen LogP contribution in [0.3, 0.4) is 0 Å². The maximum Gasteiger partial charge on any atom is 0.129 e. The summed E-state index contributed by atoms with van der Waals surface area (Å²) in [6.45, 7) is 6.70. The number of para-hydroxylation sites is 1. The van der Waals surface area contributed by atoms with Crippen LogP contribution in [-0.2, 0) is 0 Å². The molecule has 0 unspecified atom stereocenters. The zero-order valence-electron chi connectivity index (χ0n) is 12.6. The van der Waals surface area contributed by atoms with Gasteiger partial charge < -0.3 is 10.6 Å². The quantitative estimate of drug-likeness (QED) is 0.862. The van der Waals surface area contributed by atoms with Crippen LogP contribution in [0, 0.1) is 5.41 Å². The van der Waals surface area contributed by atoms with Gasteiger partial charge in [0.1, 0.15) is 10.8 Å². The van der Waals surface area contributed by atoms with Gasteiger partial charge in [-0.2, -0.15) is 0 Å². The monoisotopic (exact) mass is 299 g/mol. The summed E-state index contributed by atoms with van der Waals surface area (Å²) in [5, 5.41) is 1.03. The van der Waals surface area contributed by atoms with Crippen LogP contribution in [0.2, 0.25) is 0 Å². The van der Waals surface area contributed by atoms with E-state index in [0.29, 0.717) is 10.4 Å². The first-order chi connectivity index (χ1) is 9.96. The van der Waals surface area contributed by atoms with Crippen molar-refractivity contribution in [2.24, 2.45) is 11.1 Å². The number of nitrogens with zero attached hydrogens (tertiary/aromatic N) is 2. The number of hydrogen-bond acceptors (Lipinski definition) is 3. The number of pyridine rings is 1. The highest BCUT2D eigenvalue weighted by atomic mass is 32.1. The molecule has 4 heteroatoms. The maximum absolute atomic E-state index is 5.92. The number of hydrogen-bond donors (Lipinski definition) is 1. The molecule has 2 N–H and O–H groups in total. The summed E-state index contributed by atoms with van der Waals surface area (Å²) < 4.78 is 0. The lowest BCUT2D eigenvalue weighted by Gasteiger charge is -2.39. The molecule has 1 aromatic heterocycles. The van der Waals surface area contributed by atoms with Crippen LogP contribution < -0.4 is 10.6 Å². The first-order valence-electron chi connectivity index (χ1n) is 7.41. The lowest BCUT2D eigenvalue weighted by Crippen LogP contribution is -2.40. The van der Waals surface area contributed by atoms with E-state index in [9.17, 15) is 0 Å². The van der Waals surface area contributed by atoms with Crippen LogP contribution >= 0.6 is 12.2 Å². The second kappa shape index (κ2) is 5.26. The fourth-order valence-electron chi connectivity index (χ4n) is 3.15. The Morgan fingerprint density at radius 2 is 2.10 bits per heavy atom. The van der Waals surface area contributed by atoms with Gasteiger partial charge in [-0.05, 0) is 30.4 Å². The third-order valence-electron chi connectivity index (χ3n) is 4.19. The molecule has 1 aliphatic heterocycles. The Bertz CT molecular complexity index is 693. The summed E-state index contributed by atoms with van der Waals surface area (Å²) in [7, 11) is 0. The third-order valence-corrected chi connectivity index (χ3v) is 4.41. The minimum absolute atomic E-state index is 0.328. The highest BCUT2D eigenvalue weighted by Gasteiger charge is 2.27. The van der Waals surface area contributed by atoms with Gasteiger partial charge in [-0.25, -0.2) is 4.98 Å². The van der Waals surface area contributed by atoms with Crippen LogP contribution in [0.5, 0.6) is 0 Å². The van der Waals surface area contributed by atoms with Gasteiger partial charge in [0.05, 0.1) is 5.52 Å². The summed E-state index contributed by atoms with van der Waals surface area (Å²) in [6, 6.07) is 10.1. The molecule has 1 aromatic carbocycles. The molecule has 0 atom stereocenters. The predicted octanol–water partition coefficient (Wildman–Crippen LogP) is 3.50. The summed E-state index contributed by atoms with van der Waals surface area (Å²) in [6.07, 6.45) is 2.46. The van der Waals surface area contributed by atoms with Gasteiger partial charge >= 0.3 is 0 Å². The molecule has 1 aliphatic rings. The first kappa shape index (κ1) is 14.3. The number of aromatic nitrogens is 1. The fraction of sp³-hybridized carbons (Fsp3) is 0.412. The predicted molar refractivity (Wildman–Crippen MR) is 92.9 cm³/mol. The molecule has 21 heavy (non-hydrogen) atoms. The first-order valence-corrected chi connectivity index (χ1v) is 7.82. The van der Waals surface area contributed by atoms with Crippen molar-refractivity contribution in [3.8, 4) is 0 Å². The summed E-state index contributed by atoms with van der Waals surface area (Å²) in [4.78, 5) is 7.61. The normalized spacial score (nSPS) is 17.9. The topological polar surface area (TPSA) is 42.1 Å². The number of benzene rings is 1. The largest absolute Gasteiger partial charge is 0.389 e. The molecular weight excluding hydrogens is 278 g/mol. The van der Waals surface area contributed by atoms with Gasteiger partial charge in [-0.1, -0.05) is 44.3 Å². The average molecular weight is 299 g/mol. The van der Waals surface area contributed by atoms with Crippen molar-refractivity contribution in [2.45, 2.75) is 26.7 Å². The Morgan fingerprint density at radius 3 is 2.81 bits per heavy atom. The van der Waals surface area contributed by atoms with Crippen LogP contribution in [0.4, 0.5) is 5.82 Å². The molecule has 0 amide bonds. The van der Waals surface area contributed by atoms with E-state index in [1.165, 1.54) is 12.8 Å². The molecule has 2 heterocycles. The lowest BCUT2D eigenvalue weighted by atomic mass is 9.84. The van der Waals surface area contributed by atoms with E-state index in [1.54, 1.807) is 0 Å². The van der Waals surface area contributed by atoms with Gasteiger partial charge in [0, 0.05) is 24.0 Å². The smallest absolute Gasteiger partial charge is 0.129 e. The number of thiocarbonyl (C=S) groups is 1. The van der Waals surface area contributed by atoms with E-state index in [-0.39, 0.29) is 0 Å². The van der Waals surface area contributed by atoms with Crippen molar-refractivity contribution >= 4 is 33.9 Å². The molecule has 0 aliphatic carbocycles. The molecule has 1 saturated heterocycles. The van der Waals surface area contributed by atoms with E-state index in [4.69, 9.17) is 22.9 Å². The standard InChI is InChI=1S/C17H21N3S/c1-17(2)8-5-9-20(11-17)15-10-13(16(18)21)12-6-3-4-7-14(12)19-15/h3-4,6-7,10H,5,8-9,11H2,1-2H3,(H2,18,21).